The first-order valence-corrected chi connectivity index (χ1v) is 6.42. The first-order chi connectivity index (χ1) is 8.65. The van der Waals surface area contributed by atoms with Gasteiger partial charge < -0.3 is 9.64 Å². The highest BCUT2D eigenvalue weighted by atomic mass is 16.5. The lowest BCUT2D eigenvalue weighted by Crippen LogP contribution is -2.33. The number of ether oxygens (including phenoxy) is 1. The fourth-order valence-corrected chi connectivity index (χ4v) is 1.85. The predicted molar refractivity (Wildman–Crippen MR) is 74.0 cm³/mol. The van der Waals surface area contributed by atoms with Crippen LogP contribution in [0.25, 0.3) is 0 Å². The van der Waals surface area contributed by atoms with Crippen LogP contribution in [0.1, 0.15) is 30.1 Å². The Kier molecular flexibility index (Phi) is 6.61. The van der Waals surface area contributed by atoms with Crippen LogP contribution in [0.5, 0.6) is 0 Å². The summed E-state index contributed by atoms with van der Waals surface area (Å²) in [5.41, 5.74) is 0.810. The average Bonchev–Trinajstić information content (AvgIpc) is 2.39. The zero-order chi connectivity index (χ0) is 13.4. The zero-order valence-corrected chi connectivity index (χ0v) is 11.6. The molecule has 0 bridgehead atoms. The van der Waals surface area contributed by atoms with Crippen molar-refractivity contribution in [1.82, 2.24) is 4.90 Å². The van der Waals surface area contributed by atoms with Crippen molar-refractivity contribution in [2.24, 2.45) is 0 Å². The van der Waals surface area contributed by atoms with E-state index in [0.29, 0.717) is 12.5 Å². The molecule has 18 heavy (non-hydrogen) atoms. The van der Waals surface area contributed by atoms with E-state index >= 15 is 0 Å². The number of ketones is 1. The van der Waals surface area contributed by atoms with Crippen LogP contribution in [-0.4, -0.2) is 44.0 Å². The first-order valence-electron chi connectivity index (χ1n) is 6.42. The minimum atomic E-state index is 0.225. The molecule has 1 aromatic carbocycles. The second kappa shape index (κ2) is 8.01. The third-order valence-corrected chi connectivity index (χ3v) is 3.17. The topological polar surface area (TPSA) is 29.5 Å². The number of methoxy groups -OCH3 is 1. The Hall–Kier alpha value is -1.19. The van der Waals surface area contributed by atoms with E-state index in [1.54, 1.807) is 7.11 Å². The van der Waals surface area contributed by atoms with E-state index in [-0.39, 0.29) is 5.78 Å². The molecular formula is C15H23NO2. The van der Waals surface area contributed by atoms with Crippen molar-refractivity contribution in [2.75, 3.05) is 27.3 Å². The van der Waals surface area contributed by atoms with Crippen LogP contribution in [0.2, 0.25) is 0 Å². The van der Waals surface area contributed by atoms with E-state index in [2.05, 4.69) is 18.9 Å². The van der Waals surface area contributed by atoms with Gasteiger partial charge in [-0.1, -0.05) is 30.3 Å². The van der Waals surface area contributed by atoms with Gasteiger partial charge in [-0.05, 0) is 26.9 Å². The number of rotatable bonds is 8. The molecule has 1 unspecified atom stereocenters. The maximum atomic E-state index is 11.9. The molecule has 0 saturated carbocycles. The number of benzene rings is 1. The number of hydrogen-bond donors (Lipinski definition) is 0. The molecule has 0 N–H and O–H groups in total. The number of Topliss-reactive ketones (excluding diaryl/α,β-unsaturated/α-hetero) is 1. The Morgan fingerprint density at radius 2 is 2.00 bits per heavy atom. The van der Waals surface area contributed by atoms with Gasteiger partial charge in [0.15, 0.2) is 5.78 Å². The number of nitrogens with zero attached hydrogens (tertiary/aromatic N) is 1. The van der Waals surface area contributed by atoms with Crippen LogP contribution in [0, 0.1) is 0 Å². The third-order valence-electron chi connectivity index (χ3n) is 3.17. The zero-order valence-electron chi connectivity index (χ0n) is 11.6. The quantitative estimate of drug-likeness (QED) is 0.663. The van der Waals surface area contributed by atoms with Gasteiger partial charge in [0.1, 0.15) is 0 Å². The predicted octanol–water partition coefficient (Wildman–Crippen LogP) is 2.62. The molecule has 0 radical (unpaired) electrons. The fourth-order valence-electron chi connectivity index (χ4n) is 1.85. The smallest absolute Gasteiger partial charge is 0.162 e. The van der Waals surface area contributed by atoms with E-state index < -0.39 is 0 Å². The maximum Gasteiger partial charge on any atom is 0.162 e. The van der Waals surface area contributed by atoms with Crippen LogP contribution in [0.4, 0.5) is 0 Å². The van der Waals surface area contributed by atoms with Crippen molar-refractivity contribution in [1.29, 1.82) is 0 Å². The monoisotopic (exact) mass is 249 g/mol. The number of carbonyl (C=O) groups excluding carboxylic acids is 1. The van der Waals surface area contributed by atoms with Crippen molar-refractivity contribution in [3.8, 4) is 0 Å². The molecule has 0 aliphatic heterocycles. The molecule has 0 amide bonds. The minimum Gasteiger partial charge on any atom is -0.383 e. The summed E-state index contributed by atoms with van der Waals surface area (Å²) < 4.78 is 5.11. The summed E-state index contributed by atoms with van der Waals surface area (Å²) in [7, 11) is 3.78. The second-order valence-electron chi connectivity index (χ2n) is 4.68. The highest BCUT2D eigenvalue weighted by molar-refractivity contribution is 5.95. The van der Waals surface area contributed by atoms with Gasteiger partial charge in [0.2, 0.25) is 0 Å². The molecule has 0 spiro atoms. The van der Waals surface area contributed by atoms with Gasteiger partial charge in [-0.3, -0.25) is 4.79 Å². The molecule has 0 aliphatic rings. The summed E-state index contributed by atoms with van der Waals surface area (Å²) in [5, 5.41) is 0. The van der Waals surface area contributed by atoms with Gasteiger partial charge in [-0.25, -0.2) is 0 Å². The number of hydrogen-bond acceptors (Lipinski definition) is 3. The largest absolute Gasteiger partial charge is 0.383 e. The van der Waals surface area contributed by atoms with Gasteiger partial charge in [-0.15, -0.1) is 0 Å². The molecule has 1 atom stereocenters. The van der Waals surface area contributed by atoms with E-state index in [0.717, 1.165) is 25.1 Å². The van der Waals surface area contributed by atoms with Crippen molar-refractivity contribution in [3.63, 3.8) is 0 Å². The molecule has 0 heterocycles. The molecule has 3 heteroatoms. The molecule has 100 valence electrons. The normalized spacial score (nSPS) is 12.7. The molecule has 1 rings (SSSR count). The lowest BCUT2D eigenvalue weighted by Gasteiger charge is -2.23. The first kappa shape index (κ1) is 14.9. The summed E-state index contributed by atoms with van der Waals surface area (Å²) in [4.78, 5) is 14.1. The Bertz CT molecular complexity index is 351. The molecule has 3 nitrogen and oxygen atoms in total. The highest BCUT2D eigenvalue weighted by Crippen LogP contribution is 2.06. The Balaban J connectivity index is 2.28. The lowest BCUT2D eigenvalue weighted by molar-refractivity contribution is 0.0956. The number of carbonyl (C=O) groups is 1. The van der Waals surface area contributed by atoms with Gasteiger partial charge in [0, 0.05) is 25.1 Å². The highest BCUT2D eigenvalue weighted by Gasteiger charge is 2.10. The second-order valence-corrected chi connectivity index (χ2v) is 4.68. The molecule has 0 saturated heterocycles. The lowest BCUT2D eigenvalue weighted by atomic mass is 10.1. The van der Waals surface area contributed by atoms with Gasteiger partial charge in [0.25, 0.3) is 0 Å². The molecular weight excluding hydrogens is 226 g/mol. The summed E-state index contributed by atoms with van der Waals surface area (Å²) in [6.45, 7) is 3.77. The Morgan fingerprint density at radius 3 is 2.61 bits per heavy atom. The summed E-state index contributed by atoms with van der Waals surface area (Å²) in [5.74, 6) is 0.225. The maximum absolute atomic E-state index is 11.9. The standard InChI is InChI=1S/C15H23NO2/c1-13(12-18-3)16(2)11-7-10-15(17)14-8-5-4-6-9-14/h4-6,8-9,13H,7,10-12H2,1-3H3. The van der Waals surface area contributed by atoms with E-state index in [9.17, 15) is 4.79 Å². The van der Waals surface area contributed by atoms with E-state index in [4.69, 9.17) is 4.74 Å². The van der Waals surface area contributed by atoms with Crippen molar-refractivity contribution in [3.05, 3.63) is 35.9 Å². The van der Waals surface area contributed by atoms with Crippen LogP contribution in [-0.2, 0) is 4.74 Å². The van der Waals surface area contributed by atoms with Gasteiger partial charge in [-0.2, -0.15) is 0 Å². The molecule has 0 aliphatic carbocycles. The molecule has 1 aromatic rings. The minimum absolute atomic E-state index is 0.225. The van der Waals surface area contributed by atoms with Crippen LogP contribution in [0.3, 0.4) is 0 Å². The van der Waals surface area contributed by atoms with Crippen LogP contribution in [0.15, 0.2) is 30.3 Å². The van der Waals surface area contributed by atoms with Crippen molar-refractivity contribution in [2.45, 2.75) is 25.8 Å². The van der Waals surface area contributed by atoms with Crippen LogP contribution < -0.4 is 0 Å². The Morgan fingerprint density at radius 1 is 1.33 bits per heavy atom. The van der Waals surface area contributed by atoms with Crippen LogP contribution >= 0.6 is 0 Å². The van der Waals surface area contributed by atoms with E-state index in [1.807, 2.05) is 30.3 Å². The summed E-state index contributed by atoms with van der Waals surface area (Å²) in [6.07, 6.45) is 1.49. The van der Waals surface area contributed by atoms with Gasteiger partial charge in [0.05, 0.1) is 6.61 Å². The van der Waals surface area contributed by atoms with Crippen molar-refractivity contribution < 1.29 is 9.53 Å². The average molecular weight is 249 g/mol. The molecule has 0 aromatic heterocycles. The SMILES string of the molecule is COCC(C)N(C)CCCC(=O)c1ccccc1. The number of likely N-dealkylation sites (N-methyl/N-ethyl adjacent to an activating group) is 1. The molecule has 0 fully saturated rings. The third kappa shape index (κ3) is 4.98. The summed E-state index contributed by atoms with van der Waals surface area (Å²) in [6, 6.07) is 9.87. The Labute approximate surface area is 110 Å². The van der Waals surface area contributed by atoms with E-state index in [1.165, 1.54) is 0 Å². The fraction of sp³-hybridized carbons (Fsp3) is 0.533. The van der Waals surface area contributed by atoms with Gasteiger partial charge >= 0.3 is 0 Å². The van der Waals surface area contributed by atoms with Crippen molar-refractivity contribution >= 4 is 5.78 Å². The summed E-state index contributed by atoms with van der Waals surface area (Å²) >= 11 is 0.